The van der Waals surface area contributed by atoms with E-state index in [2.05, 4.69) is 25.8 Å². The first-order valence-corrected chi connectivity index (χ1v) is 14.4. The van der Waals surface area contributed by atoms with Crippen molar-refractivity contribution in [1.29, 1.82) is 5.26 Å². The SMILES string of the molecule is COc1cnc(N2CCC(CCCn3c(=O)cc(N4CCC[C@@H](N)C4)n(Cc4cccc(C#N)c4)c3=O)CC2)nc1. The van der Waals surface area contributed by atoms with Crippen LogP contribution in [0.25, 0.3) is 0 Å². The molecule has 4 heterocycles. The number of piperidine rings is 2. The summed E-state index contributed by atoms with van der Waals surface area (Å²) < 4.78 is 8.18. The van der Waals surface area contributed by atoms with E-state index < -0.39 is 0 Å². The van der Waals surface area contributed by atoms with Gasteiger partial charge in [-0.15, -0.1) is 0 Å². The lowest BCUT2D eigenvalue weighted by molar-refractivity contribution is 0.357. The molecule has 41 heavy (non-hydrogen) atoms. The van der Waals surface area contributed by atoms with E-state index in [1.807, 2.05) is 12.1 Å². The number of anilines is 2. The zero-order chi connectivity index (χ0) is 28.8. The van der Waals surface area contributed by atoms with Crippen LogP contribution in [-0.2, 0) is 13.1 Å². The van der Waals surface area contributed by atoms with Gasteiger partial charge in [-0.1, -0.05) is 12.1 Å². The van der Waals surface area contributed by atoms with E-state index in [1.165, 1.54) is 4.57 Å². The molecule has 2 N–H and O–H groups in total. The lowest BCUT2D eigenvalue weighted by Crippen LogP contribution is -2.48. The van der Waals surface area contributed by atoms with E-state index in [4.69, 9.17) is 10.5 Å². The molecule has 11 heteroatoms. The molecule has 2 fully saturated rings. The first-order valence-electron chi connectivity index (χ1n) is 14.4. The maximum Gasteiger partial charge on any atom is 0.332 e. The van der Waals surface area contributed by atoms with Gasteiger partial charge in [0.05, 0.1) is 37.7 Å². The monoisotopic (exact) mass is 558 g/mol. The van der Waals surface area contributed by atoms with Crippen molar-refractivity contribution in [3.63, 3.8) is 0 Å². The number of nitrogens with two attached hydrogens (primary N) is 1. The molecule has 0 unspecified atom stereocenters. The smallest absolute Gasteiger partial charge is 0.332 e. The van der Waals surface area contributed by atoms with Crippen LogP contribution in [0.2, 0.25) is 0 Å². The highest BCUT2D eigenvalue weighted by Gasteiger charge is 2.24. The number of aromatic nitrogens is 4. The van der Waals surface area contributed by atoms with Crippen LogP contribution < -0.4 is 31.5 Å². The minimum absolute atomic E-state index is 0.000602. The fourth-order valence-electron chi connectivity index (χ4n) is 5.90. The van der Waals surface area contributed by atoms with Gasteiger partial charge in [-0.2, -0.15) is 5.26 Å². The first-order chi connectivity index (χ1) is 19.9. The lowest BCUT2D eigenvalue weighted by atomic mass is 9.92. The predicted molar refractivity (Wildman–Crippen MR) is 157 cm³/mol. The Kier molecular flexibility index (Phi) is 8.99. The van der Waals surface area contributed by atoms with Crippen LogP contribution in [0, 0.1) is 17.2 Å². The van der Waals surface area contributed by atoms with Crippen molar-refractivity contribution < 1.29 is 4.74 Å². The number of hydrogen-bond donors (Lipinski definition) is 1. The van der Waals surface area contributed by atoms with E-state index in [-0.39, 0.29) is 23.8 Å². The second-order valence-electron chi connectivity index (χ2n) is 11.0. The van der Waals surface area contributed by atoms with Gasteiger partial charge in [0, 0.05) is 44.8 Å². The average molecular weight is 559 g/mol. The molecule has 2 saturated heterocycles. The third kappa shape index (κ3) is 6.77. The Morgan fingerprint density at radius 3 is 2.54 bits per heavy atom. The molecule has 216 valence electrons. The highest BCUT2D eigenvalue weighted by Crippen LogP contribution is 2.25. The van der Waals surface area contributed by atoms with Crippen molar-refractivity contribution in [3.05, 3.63) is 74.7 Å². The molecular formula is C30H38N8O3. The molecule has 2 aromatic heterocycles. The van der Waals surface area contributed by atoms with Crippen LogP contribution in [0.5, 0.6) is 5.75 Å². The molecule has 2 aliphatic heterocycles. The molecule has 0 radical (unpaired) electrons. The number of nitriles is 1. The Balaban J connectivity index is 1.28. The summed E-state index contributed by atoms with van der Waals surface area (Å²) in [6, 6.07) is 11.0. The van der Waals surface area contributed by atoms with Crippen molar-refractivity contribution in [2.24, 2.45) is 11.7 Å². The summed E-state index contributed by atoms with van der Waals surface area (Å²) >= 11 is 0. The summed E-state index contributed by atoms with van der Waals surface area (Å²) in [4.78, 5) is 40.1. The quantitative estimate of drug-likeness (QED) is 0.420. The minimum Gasteiger partial charge on any atom is -0.494 e. The zero-order valence-corrected chi connectivity index (χ0v) is 23.6. The summed E-state index contributed by atoms with van der Waals surface area (Å²) in [6.45, 7) is 3.74. The van der Waals surface area contributed by atoms with Crippen LogP contribution in [0.1, 0.15) is 49.7 Å². The molecule has 5 rings (SSSR count). The second kappa shape index (κ2) is 13.0. The highest BCUT2D eigenvalue weighted by molar-refractivity contribution is 5.41. The Bertz CT molecular complexity index is 1490. The van der Waals surface area contributed by atoms with Gasteiger partial charge in [-0.05, 0) is 62.1 Å². The number of methoxy groups -OCH3 is 1. The Hall–Kier alpha value is -4.17. The third-order valence-corrected chi connectivity index (χ3v) is 8.18. The molecule has 0 amide bonds. The molecule has 2 aliphatic rings. The fraction of sp³-hybridized carbons (Fsp3) is 0.500. The van der Waals surface area contributed by atoms with Crippen LogP contribution in [0.4, 0.5) is 11.8 Å². The molecule has 11 nitrogen and oxygen atoms in total. The maximum absolute atomic E-state index is 13.8. The van der Waals surface area contributed by atoms with Gasteiger partial charge in [0.1, 0.15) is 5.82 Å². The van der Waals surface area contributed by atoms with Crippen molar-refractivity contribution in [2.45, 2.75) is 57.7 Å². The summed E-state index contributed by atoms with van der Waals surface area (Å²) in [6.07, 6.45) is 8.91. The predicted octanol–water partition coefficient (Wildman–Crippen LogP) is 2.35. The van der Waals surface area contributed by atoms with Crippen molar-refractivity contribution in [3.8, 4) is 11.8 Å². The van der Waals surface area contributed by atoms with E-state index in [1.54, 1.807) is 42.3 Å². The fourth-order valence-corrected chi connectivity index (χ4v) is 5.90. The average Bonchev–Trinajstić information content (AvgIpc) is 3.00. The third-order valence-electron chi connectivity index (χ3n) is 8.18. The number of hydrogen-bond acceptors (Lipinski definition) is 9. The van der Waals surface area contributed by atoms with E-state index >= 15 is 0 Å². The second-order valence-corrected chi connectivity index (χ2v) is 11.0. The van der Waals surface area contributed by atoms with Crippen molar-refractivity contribution >= 4 is 11.8 Å². The highest BCUT2D eigenvalue weighted by atomic mass is 16.5. The summed E-state index contributed by atoms with van der Waals surface area (Å²) in [5.41, 5.74) is 7.01. The molecule has 1 aromatic carbocycles. The van der Waals surface area contributed by atoms with E-state index in [0.717, 1.165) is 63.7 Å². The lowest BCUT2D eigenvalue weighted by Gasteiger charge is -2.34. The summed E-state index contributed by atoms with van der Waals surface area (Å²) in [5, 5.41) is 9.35. The number of nitrogens with zero attached hydrogens (tertiary/aromatic N) is 7. The Labute approximate surface area is 239 Å². The van der Waals surface area contributed by atoms with Gasteiger partial charge in [0.2, 0.25) is 5.95 Å². The van der Waals surface area contributed by atoms with E-state index in [9.17, 15) is 14.9 Å². The number of benzene rings is 1. The summed E-state index contributed by atoms with van der Waals surface area (Å²) in [5.74, 6) is 2.47. The number of rotatable bonds is 9. The van der Waals surface area contributed by atoms with Crippen molar-refractivity contribution in [2.75, 3.05) is 43.1 Å². The molecule has 1 atom stereocenters. The van der Waals surface area contributed by atoms with Crippen LogP contribution in [0.3, 0.4) is 0 Å². The molecule has 0 saturated carbocycles. The largest absolute Gasteiger partial charge is 0.494 e. The molecular weight excluding hydrogens is 520 g/mol. The molecule has 0 aliphatic carbocycles. The Morgan fingerprint density at radius 2 is 1.83 bits per heavy atom. The normalized spacial score (nSPS) is 17.8. The van der Waals surface area contributed by atoms with Crippen molar-refractivity contribution in [1.82, 2.24) is 19.1 Å². The number of ether oxygens (including phenoxy) is 1. The molecule has 0 bridgehead atoms. The van der Waals surface area contributed by atoms with E-state index in [0.29, 0.717) is 42.1 Å². The Morgan fingerprint density at radius 1 is 1.05 bits per heavy atom. The first kappa shape index (κ1) is 28.4. The van der Waals surface area contributed by atoms with Gasteiger partial charge >= 0.3 is 5.69 Å². The standard InChI is InChI=1S/C30H38N8O3/c1-41-26-18-33-29(34-19-26)35-13-9-22(10-14-35)7-3-12-37-28(39)16-27(36-11-4-8-25(32)21-36)38(30(37)40)20-24-6-2-5-23(15-24)17-31/h2,5-6,15-16,18-19,22,25H,3-4,7-14,20-21,32H2,1H3/t25-/m1/s1. The van der Waals surface area contributed by atoms with Gasteiger partial charge in [-0.3, -0.25) is 13.9 Å². The van der Waals surface area contributed by atoms with Crippen LogP contribution in [-0.4, -0.2) is 58.4 Å². The van der Waals surface area contributed by atoms with Gasteiger partial charge in [0.15, 0.2) is 5.75 Å². The van der Waals surface area contributed by atoms with Gasteiger partial charge in [0.25, 0.3) is 5.56 Å². The van der Waals surface area contributed by atoms with Crippen LogP contribution >= 0.6 is 0 Å². The summed E-state index contributed by atoms with van der Waals surface area (Å²) in [7, 11) is 1.60. The maximum atomic E-state index is 13.8. The molecule has 3 aromatic rings. The topological polar surface area (TPSA) is 135 Å². The molecule has 0 spiro atoms. The van der Waals surface area contributed by atoms with Crippen LogP contribution in [0.15, 0.2) is 52.3 Å². The van der Waals surface area contributed by atoms with Gasteiger partial charge < -0.3 is 20.3 Å². The van der Waals surface area contributed by atoms with Gasteiger partial charge in [-0.25, -0.2) is 14.8 Å². The zero-order valence-electron chi connectivity index (χ0n) is 23.6. The minimum atomic E-state index is -0.319.